The van der Waals surface area contributed by atoms with Crippen molar-refractivity contribution in [3.63, 3.8) is 0 Å². The summed E-state index contributed by atoms with van der Waals surface area (Å²) in [4.78, 5) is 14.3. The second-order valence-corrected chi connectivity index (χ2v) is 5.71. The summed E-state index contributed by atoms with van der Waals surface area (Å²) in [5.41, 5.74) is 1.35. The van der Waals surface area contributed by atoms with Crippen molar-refractivity contribution in [3.8, 4) is 6.07 Å². The van der Waals surface area contributed by atoms with Gasteiger partial charge in [0.2, 0.25) is 0 Å². The second kappa shape index (κ2) is 6.67. The van der Waals surface area contributed by atoms with E-state index in [0.29, 0.717) is 18.5 Å². The average molecular weight is 290 g/mol. The molecule has 0 spiro atoms. The van der Waals surface area contributed by atoms with E-state index in [0.717, 1.165) is 29.8 Å². The zero-order valence-corrected chi connectivity index (χ0v) is 12.3. The van der Waals surface area contributed by atoms with Crippen molar-refractivity contribution in [2.45, 2.75) is 36.6 Å². The van der Waals surface area contributed by atoms with Gasteiger partial charge in [0.05, 0.1) is 11.3 Å². The van der Waals surface area contributed by atoms with Gasteiger partial charge >= 0.3 is 5.97 Å². The number of aliphatic carboxylic acids is 1. The van der Waals surface area contributed by atoms with Gasteiger partial charge in [-0.05, 0) is 31.2 Å². The first-order valence-electron chi connectivity index (χ1n) is 6.75. The zero-order valence-electron chi connectivity index (χ0n) is 11.5. The molecule has 1 atom stereocenters. The highest BCUT2D eigenvalue weighted by Crippen LogP contribution is 2.32. The van der Waals surface area contributed by atoms with Crippen LogP contribution < -0.4 is 4.90 Å². The Morgan fingerprint density at radius 3 is 2.90 bits per heavy atom. The van der Waals surface area contributed by atoms with E-state index in [9.17, 15) is 15.2 Å². The van der Waals surface area contributed by atoms with Crippen molar-refractivity contribution >= 4 is 23.4 Å². The number of carbonyl (C=O) groups is 1. The molecule has 106 valence electrons. The van der Waals surface area contributed by atoms with Gasteiger partial charge in [0.1, 0.15) is 12.1 Å². The molecule has 4 nitrogen and oxygen atoms in total. The standard InChI is InChI=1S/C15H18N2O2S/c1-20-14-8-5-7-12(11(14)10-16)17-9-4-2-3-6-13(17)15(18)19/h5,7-8,13H,2-4,6,9H2,1H3,(H,18,19). The zero-order chi connectivity index (χ0) is 14.5. The highest BCUT2D eigenvalue weighted by atomic mass is 32.2. The Morgan fingerprint density at radius 1 is 1.45 bits per heavy atom. The van der Waals surface area contributed by atoms with E-state index in [1.807, 2.05) is 29.4 Å². The van der Waals surface area contributed by atoms with Crippen LogP contribution in [-0.4, -0.2) is 29.9 Å². The van der Waals surface area contributed by atoms with E-state index < -0.39 is 12.0 Å². The topological polar surface area (TPSA) is 64.3 Å². The number of hydrogen-bond donors (Lipinski definition) is 1. The van der Waals surface area contributed by atoms with Crippen LogP contribution >= 0.6 is 11.8 Å². The van der Waals surface area contributed by atoms with Crippen molar-refractivity contribution in [2.24, 2.45) is 0 Å². The van der Waals surface area contributed by atoms with E-state index in [-0.39, 0.29) is 0 Å². The van der Waals surface area contributed by atoms with Crippen LogP contribution in [0.25, 0.3) is 0 Å². The minimum atomic E-state index is -0.801. The number of thioether (sulfide) groups is 1. The molecule has 1 aromatic carbocycles. The molecule has 1 aromatic rings. The van der Waals surface area contributed by atoms with Crippen LogP contribution in [0.4, 0.5) is 5.69 Å². The van der Waals surface area contributed by atoms with Gasteiger partial charge < -0.3 is 10.0 Å². The summed E-state index contributed by atoms with van der Waals surface area (Å²) in [7, 11) is 0. The number of carboxylic acids is 1. The fraction of sp³-hybridized carbons (Fsp3) is 0.467. The molecule has 0 amide bonds. The smallest absolute Gasteiger partial charge is 0.326 e. The molecule has 1 N–H and O–H groups in total. The summed E-state index contributed by atoms with van der Waals surface area (Å²) in [6.07, 6.45) is 5.51. The highest BCUT2D eigenvalue weighted by Gasteiger charge is 2.29. The first-order valence-corrected chi connectivity index (χ1v) is 7.98. The van der Waals surface area contributed by atoms with Gasteiger partial charge in [-0.3, -0.25) is 0 Å². The average Bonchev–Trinajstić information content (AvgIpc) is 2.71. The Balaban J connectivity index is 2.46. The third-order valence-corrected chi connectivity index (χ3v) is 4.46. The Labute approximate surface area is 123 Å². The van der Waals surface area contributed by atoms with E-state index in [2.05, 4.69) is 6.07 Å². The van der Waals surface area contributed by atoms with Crippen molar-refractivity contribution in [1.29, 1.82) is 5.26 Å². The number of nitrogens with zero attached hydrogens (tertiary/aromatic N) is 2. The van der Waals surface area contributed by atoms with Gasteiger partial charge in [-0.15, -0.1) is 11.8 Å². The number of benzene rings is 1. The molecular weight excluding hydrogens is 272 g/mol. The maximum Gasteiger partial charge on any atom is 0.326 e. The molecule has 0 radical (unpaired) electrons. The van der Waals surface area contributed by atoms with Crippen LogP contribution in [0.15, 0.2) is 23.1 Å². The molecule has 1 unspecified atom stereocenters. The van der Waals surface area contributed by atoms with Crippen molar-refractivity contribution in [1.82, 2.24) is 0 Å². The summed E-state index contributed by atoms with van der Waals surface area (Å²) in [6, 6.07) is 7.37. The van der Waals surface area contributed by atoms with Crippen molar-refractivity contribution in [2.75, 3.05) is 17.7 Å². The van der Waals surface area contributed by atoms with Gasteiger partial charge in [0.15, 0.2) is 0 Å². The maximum atomic E-state index is 11.5. The fourth-order valence-electron chi connectivity index (χ4n) is 2.69. The molecule has 2 rings (SSSR count). The molecule has 0 aliphatic carbocycles. The van der Waals surface area contributed by atoms with Crippen LogP contribution in [0.2, 0.25) is 0 Å². The molecule has 5 heteroatoms. The Bertz CT molecular complexity index is 539. The molecule has 1 fully saturated rings. The van der Waals surface area contributed by atoms with E-state index in [1.54, 1.807) is 0 Å². The van der Waals surface area contributed by atoms with Crippen LogP contribution in [0.5, 0.6) is 0 Å². The lowest BCUT2D eigenvalue weighted by atomic mass is 10.1. The minimum Gasteiger partial charge on any atom is -0.480 e. The molecule has 1 aliphatic heterocycles. The third kappa shape index (κ3) is 2.91. The van der Waals surface area contributed by atoms with Gasteiger partial charge in [-0.25, -0.2) is 4.79 Å². The lowest BCUT2D eigenvalue weighted by molar-refractivity contribution is -0.138. The lowest BCUT2D eigenvalue weighted by Crippen LogP contribution is -2.41. The normalized spacial score (nSPS) is 19.2. The van der Waals surface area contributed by atoms with Crippen LogP contribution in [0.1, 0.15) is 31.2 Å². The summed E-state index contributed by atoms with van der Waals surface area (Å²) >= 11 is 1.52. The van der Waals surface area contributed by atoms with E-state index >= 15 is 0 Å². The number of carboxylic acid groups (broad SMARTS) is 1. The quantitative estimate of drug-likeness (QED) is 0.866. The van der Waals surface area contributed by atoms with Gasteiger partial charge in [0.25, 0.3) is 0 Å². The summed E-state index contributed by atoms with van der Waals surface area (Å²) in [6.45, 7) is 0.698. The Kier molecular flexibility index (Phi) is 4.91. The Hall–Kier alpha value is -1.67. The SMILES string of the molecule is CSc1cccc(N2CCCCCC2C(=O)O)c1C#N. The molecule has 1 aliphatic rings. The van der Waals surface area contributed by atoms with Crippen LogP contribution in [0.3, 0.4) is 0 Å². The number of hydrogen-bond acceptors (Lipinski definition) is 4. The predicted molar refractivity (Wildman–Crippen MR) is 80.2 cm³/mol. The monoisotopic (exact) mass is 290 g/mol. The van der Waals surface area contributed by atoms with Crippen molar-refractivity contribution in [3.05, 3.63) is 23.8 Å². The molecule has 1 heterocycles. The number of rotatable bonds is 3. The second-order valence-electron chi connectivity index (χ2n) is 4.86. The largest absolute Gasteiger partial charge is 0.480 e. The molecular formula is C15H18N2O2S. The van der Waals surface area contributed by atoms with Gasteiger partial charge in [-0.2, -0.15) is 5.26 Å². The van der Waals surface area contributed by atoms with Gasteiger partial charge in [-0.1, -0.05) is 18.9 Å². The van der Waals surface area contributed by atoms with E-state index in [1.165, 1.54) is 11.8 Å². The lowest BCUT2D eigenvalue weighted by Gasteiger charge is -2.30. The molecule has 20 heavy (non-hydrogen) atoms. The van der Waals surface area contributed by atoms with Crippen LogP contribution in [-0.2, 0) is 4.79 Å². The summed E-state index contributed by atoms with van der Waals surface area (Å²) < 4.78 is 0. The first-order chi connectivity index (χ1) is 9.69. The first kappa shape index (κ1) is 14.7. The fourth-order valence-corrected chi connectivity index (χ4v) is 3.26. The Morgan fingerprint density at radius 2 is 2.25 bits per heavy atom. The minimum absolute atomic E-state index is 0.526. The van der Waals surface area contributed by atoms with E-state index in [4.69, 9.17) is 0 Å². The summed E-state index contributed by atoms with van der Waals surface area (Å²) in [5, 5.41) is 18.9. The molecule has 0 aromatic heterocycles. The number of nitriles is 1. The molecule has 0 bridgehead atoms. The molecule has 1 saturated heterocycles. The predicted octanol–water partition coefficient (Wildman–Crippen LogP) is 3.11. The van der Waals surface area contributed by atoms with Crippen molar-refractivity contribution < 1.29 is 9.90 Å². The molecule has 0 saturated carbocycles. The third-order valence-electron chi connectivity index (χ3n) is 3.68. The maximum absolute atomic E-state index is 11.5. The number of anilines is 1. The summed E-state index contributed by atoms with van der Waals surface area (Å²) in [5.74, 6) is -0.801. The van der Waals surface area contributed by atoms with Crippen LogP contribution in [0, 0.1) is 11.3 Å². The van der Waals surface area contributed by atoms with Gasteiger partial charge in [0, 0.05) is 11.4 Å². The highest BCUT2D eigenvalue weighted by molar-refractivity contribution is 7.98.